The predicted molar refractivity (Wildman–Crippen MR) is 159 cm³/mol. The fourth-order valence-electron chi connectivity index (χ4n) is 5.70. The molecule has 5 rings (SSSR count). The van der Waals surface area contributed by atoms with Gasteiger partial charge in [0.1, 0.15) is 11.7 Å². The molecule has 3 atom stereocenters. The van der Waals surface area contributed by atoms with Gasteiger partial charge in [0.25, 0.3) is 8.32 Å². The number of nitrogens with zero attached hydrogens (tertiary/aromatic N) is 3. The number of fused-ring (bicyclic) bond motifs is 1. The van der Waals surface area contributed by atoms with Gasteiger partial charge in [0, 0.05) is 7.05 Å². The molecule has 2 aliphatic heterocycles. The quantitative estimate of drug-likeness (QED) is 0.438. The first kappa shape index (κ1) is 27.3. The van der Waals surface area contributed by atoms with Crippen molar-refractivity contribution in [1.29, 1.82) is 0 Å². The molecule has 2 N–H and O–H groups in total. The largest absolute Gasteiger partial charge is 0.405 e. The van der Waals surface area contributed by atoms with Gasteiger partial charge in [-0.15, -0.1) is 0 Å². The summed E-state index contributed by atoms with van der Waals surface area (Å²) in [5, 5.41) is 8.85. The highest BCUT2D eigenvalue weighted by atomic mass is 28.4. The number of rotatable bonds is 7. The molecule has 206 valence electrons. The summed E-state index contributed by atoms with van der Waals surface area (Å²) < 4.78 is 13.3. The zero-order chi connectivity index (χ0) is 27.8. The number of nitrogens with one attached hydrogen (secondary N) is 2. The highest BCUT2D eigenvalue weighted by molar-refractivity contribution is 6.99. The maximum atomic E-state index is 12.2. The summed E-state index contributed by atoms with van der Waals surface area (Å²) in [6.45, 7) is 11.7. The molecule has 0 radical (unpaired) electrons. The van der Waals surface area contributed by atoms with Gasteiger partial charge >= 0.3 is 0 Å². The summed E-state index contributed by atoms with van der Waals surface area (Å²) in [5.74, 6) is 1.22. The number of ether oxygens (including phenoxy) is 1. The van der Waals surface area contributed by atoms with Crippen LogP contribution in [0.4, 0.5) is 17.5 Å². The Morgan fingerprint density at radius 2 is 1.69 bits per heavy atom. The molecule has 0 spiro atoms. The molecular formula is C30H39N5O3Si. The highest BCUT2D eigenvalue weighted by Gasteiger charge is 2.50. The summed E-state index contributed by atoms with van der Waals surface area (Å²) in [6, 6.07) is 21.1. The first-order valence-corrected chi connectivity index (χ1v) is 15.6. The van der Waals surface area contributed by atoms with Gasteiger partial charge in [0.15, 0.2) is 5.82 Å². The number of hydrogen-bond acceptors (Lipinski definition) is 7. The molecule has 3 aromatic rings. The molecule has 1 fully saturated rings. The van der Waals surface area contributed by atoms with E-state index in [4.69, 9.17) is 14.1 Å². The van der Waals surface area contributed by atoms with Crippen LogP contribution in [-0.4, -0.2) is 62.6 Å². The first-order valence-electron chi connectivity index (χ1n) is 13.7. The van der Waals surface area contributed by atoms with Crippen molar-refractivity contribution in [3.63, 3.8) is 0 Å². The van der Waals surface area contributed by atoms with E-state index in [1.165, 1.54) is 10.4 Å². The molecule has 0 unspecified atom stereocenters. The van der Waals surface area contributed by atoms with Crippen molar-refractivity contribution in [3.05, 3.63) is 66.4 Å². The maximum Gasteiger partial charge on any atom is 0.261 e. The maximum absolute atomic E-state index is 12.2. The second-order valence-electron chi connectivity index (χ2n) is 11.6. The normalized spacial score (nSPS) is 21.4. The smallest absolute Gasteiger partial charge is 0.261 e. The Morgan fingerprint density at radius 1 is 1.08 bits per heavy atom. The van der Waals surface area contributed by atoms with Gasteiger partial charge < -0.3 is 24.7 Å². The van der Waals surface area contributed by atoms with Crippen molar-refractivity contribution in [2.45, 2.75) is 64.3 Å². The van der Waals surface area contributed by atoms with E-state index >= 15 is 0 Å². The van der Waals surface area contributed by atoms with Gasteiger partial charge in [-0.25, -0.2) is 4.98 Å². The summed E-state index contributed by atoms with van der Waals surface area (Å²) in [7, 11) is -0.738. The van der Waals surface area contributed by atoms with Crippen molar-refractivity contribution in [3.8, 4) is 0 Å². The van der Waals surface area contributed by atoms with E-state index in [-0.39, 0.29) is 29.1 Å². The minimum Gasteiger partial charge on any atom is -0.405 e. The third-order valence-corrected chi connectivity index (χ3v) is 12.9. The average molecular weight is 546 g/mol. The number of benzene rings is 2. The summed E-state index contributed by atoms with van der Waals surface area (Å²) >= 11 is 0. The molecule has 39 heavy (non-hydrogen) atoms. The monoisotopic (exact) mass is 545 g/mol. The third-order valence-electron chi connectivity index (χ3n) is 7.93. The van der Waals surface area contributed by atoms with E-state index < -0.39 is 8.32 Å². The van der Waals surface area contributed by atoms with Crippen molar-refractivity contribution in [2.75, 3.05) is 35.8 Å². The molecule has 1 aromatic heterocycles. The second kappa shape index (κ2) is 10.7. The topological polar surface area (TPSA) is 88.6 Å². The van der Waals surface area contributed by atoms with E-state index in [0.29, 0.717) is 24.8 Å². The van der Waals surface area contributed by atoms with Crippen LogP contribution in [0.5, 0.6) is 0 Å². The SMILES string of the molecule is Cc1nc(N[C@@H]2CO[C@H](CO[Si](c3ccccc3)(c3ccccc3)C(C)(C)C)C2)nc2c1NC(=O)[C@H](C)N2C. The molecule has 8 nitrogen and oxygen atoms in total. The Morgan fingerprint density at radius 3 is 2.28 bits per heavy atom. The van der Waals surface area contributed by atoms with Gasteiger partial charge in [-0.05, 0) is 35.7 Å². The molecular weight excluding hydrogens is 506 g/mol. The number of aromatic nitrogens is 2. The van der Waals surface area contributed by atoms with Crippen LogP contribution in [-0.2, 0) is 14.0 Å². The molecule has 2 aliphatic rings. The lowest BCUT2D eigenvalue weighted by Gasteiger charge is -2.43. The van der Waals surface area contributed by atoms with E-state index in [9.17, 15) is 4.79 Å². The lowest BCUT2D eigenvalue weighted by molar-refractivity contribution is -0.117. The Hall–Kier alpha value is -3.27. The molecule has 0 bridgehead atoms. The number of amides is 1. The van der Waals surface area contributed by atoms with Crippen LogP contribution in [0.2, 0.25) is 5.04 Å². The second-order valence-corrected chi connectivity index (χ2v) is 15.9. The van der Waals surface area contributed by atoms with Crippen molar-refractivity contribution >= 4 is 42.1 Å². The van der Waals surface area contributed by atoms with Crippen LogP contribution >= 0.6 is 0 Å². The van der Waals surface area contributed by atoms with Crippen LogP contribution in [0.3, 0.4) is 0 Å². The lowest BCUT2D eigenvalue weighted by atomic mass is 10.1. The van der Waals surface area contributed by atoms with E-state index in [1.54, 1.807) is 0 Å². The van der Waals surface area contributed by atoms with Crippen LogP contribution in [0.1, 0.15) is 39.8 Å². The standard InChI is InChI=1S/C30H39N5O3Si/c1-20-26-27(35(6)21(2)28(36)33-26)34-29(31-20)32-22-17-23(37-18-22)19-38-39(30(3,4)5,24-13-9-7-10-14-24)25-15-11-8-12-16-25/h7-16,21-23H,17-19H2,1-6H3,(H,33,36)(H,31,32,34)/t21-,22-,23-/m0/s1. The van der Waals surface area contributed by atoms with Crippen molar-refractivity contribution in [1.82, 2.24) is 9.97 Å². The molecule has 9 heteroatoms. The number of aryl methyl sites for hydroxylation is 1. The number of carbonyl (C=O) groups excluding carboxylic acids is 1. The summed E-state index contributed by atoms with van der Waals surface area (Å²) in [6.07, 6.45) is 0.755. The zero-order valence-corrected chi connectivity index (χ0v) is 24.7. The lowest BCUT2D eigenvalue weighted by Crippen LogP contribution is -2.67. The number of likely N-dealkylation sites (N-methyl/N-ethyl adjacent to an activating group) is 1. The predicted octanol–water partition coefficient (Wildman–Crippen LogP) is 3.71. The highest BCUT2D eigenvalue weighted by Crippen LogP contribution is 2.37. The van der Waals surface area contributed by atoms with Crippen LogP contribution in [0.25, 0.3) is 0 Å². The van der Waals surface area contributed by atoms with Gasteiger partial charge in [0.05, 0.1) is 31.1 Å². The van der Waals surface area contributed by atoms with Gasteiger partial charge in [-0.1, -0.05) is 81.4 Å². The Bertz CT molecular complexity index is 1280. The molecule has 0 aliphatic carbocycles. The van der Waals surface area contributed by atoms with Crippen LogP contribution < -0.4 is 25.9 Å². The molecule has 3 heterocycles. The van der Waals surface area contributed by atoms with E-state index in [0.717, 1.165) is 17.9 Å². The van der Waals surface area contributed by atoms with Crippen molar-refractivity contribution < 1.29 is 14.0 Å². The Labute approximate surface area is 232 Å². The molecule has 0 saturated carbocycles. The number of hydrogen-bond donors (Lipinski definition) is 2. The zero-order valence-electron chi connectivity index (χ0n) is 23.7. The van der Waals surface area contributed by atoms with Gasteiger partial charge in [-0.2, -0.15) is 4.98 Å². The Kier molecular flexibility index (Phi) is 7.50. The number of anilines is 3. The molecule has 2 aromatic carbocycles. The van der Waals surface area contributed by atoms with E-state index in [1.807, 2.05) is 25.8 Å². The molecule has 1 amide bonds. The van der Waals surface area contributed by atoms with Crippen LogP contribution in [0.15, 0.2) is 60.7 Å². The third kappa shape index (κ3) is 5.18. The summed E-state index contributed by atoms with van der Waals surface area (Å²) in [4.78, 5) is 23.5. The molecule has 1 saturated heterocycles. The fraction of sp³-hybridized carbons (Fsp3) is 0.433. The van der Waals surface area contributed by atoms with Gasteiger partial charge in [0.2, 0.25) is 11.9 Å². The van der Waals surface area contributed by atoms with Crippen molar-refractivity contribution in [2.24, 2.45) is 0 Å². The van der Waals surface area contributed by atoms with Crippen LogP contribution in [0, 0.1) is 6.92 Å². The Balaban J connectivity index is 1.32. The minimum absolute atomic E-state index is 0.0372. The van der Waals surface area contributed by atoms with Gasteiger partial charge in [-0.3, -0.25) is 4.79 Å². The minimum atomic E-state index is -2.62. The first-order chi connectivity index (χ1) is 18.6. The average Bonchev–Trinajstić information content (AvgIpc) is 3.36. The summed E-state index contributed by atoms with van der Waals surface area (Å²) in [5.41, 5.74) is 1.41. The fourth-order valence-corrected chi connectivity index (χ4v) is 10.3. The number of carbonyl (C=O) groups is 1. The van der Waals surface area contributed by atoms with E-state index in [2.05, 4.69) is 97.1 Å².